The molecule has 1 amide bonds. The number of nitrogens with one attached hydrogen (secondary N) is 2. The molecule has 0 aliphatic carbocycles. The van der Waals surface area contributed by atoms with E-state index in [1.165, 1.54) is 0 Å². The molecule has 0 radical (unpaired) electrons. The molecule has 1 aliphatic heterocycles. The lowest BCUT2D eigenvalue weighted by Crippen LogP contribution is -2.44. The van der Waals surface area contributed by atoms with Gasteiger partial charge in [-0.1, -0.05) is 24.3 Å². The number of carbonyl (C=O) groups excluding carboxylic acids is 1. The molecule has 0 bridgehead atoms. The molecular formula is C17H22N4O. The summed E-state index contributed by atoms with van der Waals surface area (Å²) in [6.07, 6.45) is 6.23. The molecule has 1 aromatic carbocycles. The molecule has 1 fully saturated rings. The van der Waals surface area contributed by atoms with Gasteiger partial charge in [-0.2, -0.15) is 5.10 Å². The Morgan fingerprint density at radius 3 is 2.59 bits per heavy atom. The van der Waals surface area contributed by atoms with E-state index in [-0.39, 0.29) is 5.91 Å². The maximum absolute atomic E-state index is 12.4. The van der Waals surface area contributed by atoms with E-state index in [4.69, 9.17) is 0 Å². The van der Waals surface area contributed by atoms with Gasteiger partial charge < -0.3 is 10.2 Å². The Bertz CT molecular complexity index is 598. The first-order valence-corrected chi connectivity index (χ1v) is 7.79. The fourth-order valence-electron chi connectivity index (χ4n) is 2.93. The Balaban J connectivity index is 1.58. The highest BCUT2D eigenvalue weighted by molar-refractivity contribution is 5.79. The van der Waals surface area contributed by atoms with Gasteiger partial charge in [0.25, 0.3) is 0 Å². The summed E-state index contributed by atoms with van der Waals surface area (Å²) in [6, 6.07) is 8.70. The van der Waals surface area contributed by atoms with Crippen molar-refractivity contribution in [3.63, 3.8) is 0 Å². The number of piperidine rings is 1. The summed E-state index contributed by atoms with van der Waals surface area (Å²) < 4.78 is 0. The topological polar surface area (TPSA) is 61.0 Å². The van der Waals surface area contributed by atoms with Gasteiger partial charge in [0.2, 0.25) is 5.91 Å². The average Bonchev–Trinajstić information content (AvgIpc) is 3.10. The number of rotatable bonds is 4. The van der Waals surface area contributed by atoms with Crippen molar-refractivity contribution in [2.45, 2.75) is 25.3 Å². The number of aromatic amines is 1. The third-order valence-corrected chi connectivity index (χ3v) is 4.40. The average molecular weight is 298 g/mol. The number of likely N-dealkylation sites (tertiary alicyclic amines) is 1. The molecule has 0 spiro atoms. The van der Waals surface area contributed by atoms with Crippen LogP contribution < -0.4 is 5.32 Å². The fourth-order valence-corrected chi connectivity index (χ4v) is 2.93. The molecular weight excluding hydrogens is 276 g/mol. The van der Waals surface area contributed by atoms with Gasteiger partial charge in [-0.05, 0) is 31.0 Å². The van der Waals surface area contributed by atoms with Crippen LogP contribution in [0.2, 0.25) is 0 Å². The summed E-state index contributed by atoms with van der Waals surface area (Å²) in [5.41, 5.74) is 3.24. The summed E-state index contributed by atoms with van der Waals surface area (Å²) >= 11 is 0. The Hall–Kier alpha value is -2.14. The molecule has 1 aromatic heterocycles. The summed E-state index contributed by atoms with van der Waals surface area (Å²) in [5.74, 6) is 0.227. The van der Waals surface area contributed by atoms with Crippen molar-refractivity contribution < 1.29 is 4.79 Å². The first-order valence-electron chi connectivity index (χ1n) is 7.79. The Morgan fingerprint density at radius 2 is 2.00 bits per heavy atom. The summed E-state index contributed by atoms with van der Waals surface area (Å²) in [7, 11) is 1.99. The number of aromatic nitrogens is 2. The van der Waals surface area contributed by atoms with Crippen LogP contribution in [0.25, 0.3) is 11.1 Å². The van der Waals surface area contributed by atoms with E-state index < -0.39 is 0 Å². The van der Waals surface area contributed by atoms with E-state index in [2.05, 4.69) is 15.5 Å². The van der Waals surface area contributed by atoms with Gasteiger partial charge in [-0.25, -0.2) is 0 Å². The van der Waals surface area contributed by atoms with Crippen LogP contribution in [0, 0.1) is 0 Å². The van der Waals surface area contributed by atoms with Crippen molar-refractivity contribution in [2.24, 2.45) is 0 Å². The summed E-state index contributed by atoms with van der Waals surface area (Å²) in [6.45, 7) is 1.72. The number of amides is 1. The quantitative estimate of drug-likeness (QED) is 0.905. The highest BCUT2D eigenvalue weighted by Crippen LogP contribution is 2.19. The third kappa shape index (κ3) is 3.36. The Labute approximate surface area is 130 Å². The zero-order chi connectivity index (χ0) is 15.4. The number of hydrogen-bond donors (Lipinski definition) is 2. The van der Waals surface area contributed by atoms with Crippen LogP contribution in [0.1, 0.15) is 18.4 Å². The number of hydrogen-bond acceptors (Lipinski definition) is 3. The van der Waals surface area contributed by atoms with E-state index in [0.29, 0.717) is 12.5 Å². The monoisotopic (exact) mass is 298 g/mol. The van der Waals surface area contributed by atoms with Crippen molar-refractivity contribution in [3.8, 4) is 11.1 Å². The van der Waals surface area contributed by atoms with Gasteiger partial charge in [-0.3, -0.25) is 9.89 Å². The van der Waals surface area contributed by atoms with Gasteiger partial charge in [0, 0.05) is 30.9 Å². The maximum Gasteiger partial charge on any atom is 0.226 e. The maximum atomic E-state index is 12.4. The molecule has 116 valence electrons. The van der Waals surface area contributed by atoms with Gasteiger partial charge in [-0.15, -0.1) is 0 Å². The lowest BCUT2D eigenvalue weighted by molar-refractivity contribution is -0.131. The van der Waals surface area contributed by atoms with Crippen LogP contribution in [0.15, 0.2) is 36.7 Å². The predicted octanol–water partition coefficient (Wildman–Crippen LogP) is 1.83. The second kappa shape index (κ2) is 6.75. The molecule has 2 N–H and O–H groups in total. The molecule has 22 heavy (non-hydrogen) atoms. The van der Waals surface area contributed by atoms with E-state index in [9.17, 15) is 4.79 Å². The zero-order valence-corrected chi connectivity index (χ0v) is 12.9. The Kier molecular flexibility index (Phi) is 4.53. The molecule has 1 aliphatic rings. The smallest absolute Gasteiger partial charge is 0.226 e. The number of H-pyrrole nitrogens is 1. The standard InChI is InChI=1S/C17H22N4O/c1-18-16-6-8-21(9-7-16)17(22)10-13-2-4-14(5-3-13)15-11-19-20-12-15/h2-5,11-12,16,18H,6-10H2,1H3,(H,19,20). The molecule has 0 atom stereocenters. The van der Waals surface area contributed by atoms with Gasteiger partial charge in [0.05, 0.1) is 12.6 Å². The lowest BCUT2D eigenvalue weighted by Gasteiger charge is -2.31. The molecule has 1 saturated heterocycles. The number of nitrogens with zero attached hydrogens (tertiary/aromatic N) is 2. The third-order valence-electron chi connectivity index (χ3n) is 4.40. The van der Waals surface area contributed by atoms with E-state index >= 15 is 0 Å². The molecule has 5 nitrogen and oxygen atoms in total. The Morgan fingerprint density at radius 1 is 1.27 bits per heavy atom. The second-order valence-electron chi connectivity index (χ2n) is 5.80. The summed E-state index contributed by atoms with van der Waals surface area (Å²) in [5, 5.41) is 10.1. The molecule has 2 aromatic rings. The minimum atomic E-state index is 0.227. The van der Waals surface area contributed by atoms with Crippen LogP contribution in [0.5, 0.6) is 0 Å². The highest BCUT2D eigenvalue weighted by atomic mass is 16.2. The molecule has 0 saturated carbocycles. The lowest BCUT2D eigenvalue weighted by atomic mass is 10.0. The van der Waals surface area contributed by atoms with Crippen LogP contribution in [-0.2, 0) is 11.2 Å². The largest absolute Gasteiger partial charge is 0.342 e. The van der Waals surface area contributed by atoms with Gasteiger partial charge >= 0.3 is 0 Å². The minimum Gasteiger partial charge on any atom is -0.342 e. The second-order valence-corrected chi connectivity index (χ2v) is 5.80. The van der Waals surface area contributed by atoms with Crippen LogP contribution in [0.4, 0.5) is 0 Å². The van der Waals surface area contributed by atoms with Gasteiger partial charge in [0.15, 0.2) is 0 Å². The molecule has 0 unspecified atom stereocenters. The van der Waals surface area contributed by atoms with Crippen LogP contribution in [-0.4, -0.2) is 47.2 Å². The number of benzene rings is 1. The first kappa shape index (κ1) is 14.8. The van der Waals surface area contributed by atoms with E-state index in [1.807, 2.05) is 42.4 Å². The molecule has 5 heteroatoms. The van der Waals surface area contributed by atoms with Gasteiger partial charge in [0.1, 0.15) is 0 Å². The zero-order valence-electron chi connectivity index (χ0n) is 12.9. The fraction of sp³-hybridized carbons (Fsp3) is 0.412. The van der Waals surface area contributed by atoms with E-state index in [0.717, 1.165) is 42.6 Å². The van der Waals surface area contributed by atoms with Crippen molar-refractivity contribution in [2.75, 3.05) is 20.1 Å². The van der Waals surface area contributed by atoms with Crippen LogP contribution in [0.3, 0.4) is 0 Å². The number of carbonyl (C=O) groups is 1. The van der Waals surface area contributed by atoms with Crippen molar-refractivity contribution in [1.82, 2.24) is 20.4 Å². The SMILES string of the molecule is CNC1CCN(C(=O)Cc2ccc(-c3cn[nH]c3)cc2)CC1. The van der Waals surface area contributed by atoms with Crippen molar-refractivity contribution >= 4 is 5.91 Å². The summed E-state index contributed by atoms with van der Waals surface area (Å²) in [4.78, 5) is 14.4. The van der Waals surface area contributed by atoms with Crippen molar-refractivity contribution in [1.29, 1.82) is 0 Å². The molecule has 2 heterocycles. The van der Waals surface area contributed by atoms with Crippen molar-refractivity contribution in [3.05, 3.63) is 42.2 Å². The molecule has 3 rings (SSSR count). The van der Waals surface area contributed by atoms with E-state index in [1.54, 1.807) is 6.20 Å². The predicted molar refractivity (Wildman–Crippen MR) is 86.4 cm³/mol. The highest BCUT2D eigenvalue weighted by Gasteiger charge is 2.21. The minimum absolute atomic E-state index is 0.227. The van der Waals surface area contributed by atoms with Crippen LogP contribution >= 0.6 is 0 Å². The first-order chi connectivity index (χ1) is 10.8. The normalized spacial score (nSPS) is 16.0.